The standard InChI is InChI=1S/C25H22N4O3/c26-13-6-14-28-15-19(18-9-2-4-11-21(18)28)22(30)16-29-23(31)25(27-24(29)32)12-5-8-17-7-1-3-10-20(17)25/h1-4,7,9-11,15H,5-6,8,12,14,16H2,(H,27,32)/t25-/m0/s1. The zero-order valence-electron chi connectivity index (χ0n) is 17.5. The van der Waals surface area contributed by atoms with Gasteiger partial charge >= 0.3 is 6.03 Å². The minimum Gasteiger partial charge on any atom is -0.346 e. The number of aromatic nitrogens is 1. The number of carbonyl (C=O) groups excluding carboxylic acids is 3. The molecule has 0 saturated carbocycles. The van der Waals surface area contributed by atoms with Gasteiger partial charge in [0.05, 0.1) is 19.0 Å². The van der Waals surface area contributed by atoms with Gasteiger partial charge in [0.1, 0.15) is 5.54 Å². The molecule has 160 valence electrons. The molecule has 1 aliphatic heterocycles. The number of amides is 3. The molecule has 2 heterocycles. The van der Waals surface area contributed by atoms with E-state index in [0.717, 1.165) is 39.8 Å². The monoisotopic (exact) mass is 426 g/mol. The van der Waals surface area contributed by atoms with Crippen molar-refractivity contribution in [2.24, 2.45) is 0 Å². The van der Waals surface area contributed by atoms with Crippen molar-refractivity contribution in [1.29, 1.82) is 5.26 Å². The number of hydrogen-bond acceptors (Lipinski definition) is 4. The lowest BCUT2D eigenvalue weighted by Gasteiger charge is -2.33. The minimum absolute atomic E-state index is 0.304. The first kappa shape index (κ1) is 20.0. The number of nitrogens with one attached hydrogen (secondary N) is 1. The summed E-state index contributed by atoms with van der Waals surface area (Å²) < 4.78 is 1.87. The van der Waals surface area contributed by atoms with E-state index >= 15 is 0 Å². The summed E-state index contributed by atoms with van der Waals surface area (Å²) in [6.45, 7) is 0.147. The Bertz CT molecular complexity index is 1300. The van der Waals surface area contributed by atoms with Crippen molar-refractivity contribution in [3.63, 3.8) is 0 Å². The Morgan fingerprint density at radius 3 is 2.75 bits per heavy atom. The maximum absolute atomic E-state index is 13.5. The molecule has 1 fully saturated rings. The van der Waals surface area contributed by atoms with Gasteiger partial charge in [-0.3, -0.25) is 14.5 Å². The number of para-hydroxylation sites is 1. The number of hydrogen-bond donors (Lipinski definition) is 1. The highest BCUT2D eigenvalue weighted by Gasteiger charge is 2.54. The number of Topliss-reactive ketones (excluding diaryl/α,β-unsaturated/α-hetero) is 1. The predicted octanol–water partition coefficient (Wildman–Crippen LogP) is 3.52. The summed E-state index contributed by atoms with van der Waals surface area (Å²) >= 11 is 0. The number of benzene rings is 2. The quantitative estimate of drug-likeness (QED) is 0.499. The number of imide groups is 1. The molecule has 7 heteroatoms. The van der Waals surface area contributed by atoms with Crippen LogP contribution in [0.3, 0.4) is 0 Å². The number of fused-ring (bicyclic) bond motifs is 3. The van der Waals surface area contributed by atoms with Crippen LogP contribution in [0.5, 0.6) is 0 Å². The Hall–Kier alpha value is -3.92. The predicted molar refractivity (Wildman–Crippen MR) is 118 cm³/mol. The van der Waals surface area contributed by atoms with Gasteiger partial charge in [-0.15, -0.1) is 0 Å². The smallest absolute Gasteiger partial charge is 0.325 e. The summed E-state index contributed by atoms with van der Waals surface area (Å²) in [6.07, 6.45) is 4.21. The molecular weight excluding hydrogens is 404 g/mol. The SMILES string of the molecule is N#CCCn1cc(C(=O)CN2C(=O)N[C@]3(CCCc4ccccc43)C2=O)c2ccccc21. The van der Waals surface area contributed by atoms with E-state index in [1.165, 1.54) is 0 Å². The van der Waals surface area contributed by atoms with Crippen LogP contribution in [-0.2, 0) is 23.3 Å². The third-order valence-electron chi connectivity index (χ3n) is 6.51. The number of urea groups is 1. The highest BCUT2D eigenvalue weighted by atomic mass is 16.2. The van der Waals surface area contributed by atoms with Crippen LogP contribution in [0, 0.1) is 11.3 Å². The molecule has 0 unspecified atom stereocenters. The zero-order valence-corrected chi connectivity index (χ0v) is 17.5. The largest absolute Gasteiger partial charge is 0.346 e. The van der Waals surface area contributed by atoms with Crippen LogP contribution in [0.1, 0.15) is 40.7 Å². The number of carbonyl (C=O) groups is 3. The van der Waals surface area contributed by atoms with Crippen molar-refractivity contribution >= 4 is 28.6 Å². The molecule has 2 aromatic carbocycles. The zero-order chi connectivity index (χ0) is 22.3. The van der Waals surface area contributed by atoms with Crippen molar-refractivity contribution in [1.82, 2.24) is 14.8 Å². The highest BCUT2D eigenvalue weighted by Crippen LogP contribution is 2.40. The van der Waals surface area contributed by atoms with Crippen LogP contribution >= 0.6 is 0 Å². The van der Waals surface area contributed by atoms with Crippen LogP contribution in [0.15, 0.2) is 54.7 Å². The molecule has 3 aromatic rings. The van der Waals surface area contributed by atoms with Gasteiger partial charge in [-0.2, -0.15) is 5.26 Å². The summed E-state index contributed by atoms with van der Waals surface area (Å²) in [5.41, 5.74) is 2.09. The van der Waals surface area contributed by atoms with E-state index in [1.807, 2.05) is 53.1 Å². The van der Waals surface area contributed by atoms with Crippen molar-refractivity contribution in [3.05, 3.63) is 71.4 Å². The van der Waals surface area contributed by atoms with Gasteiger partial charge in [-0.25, -0.2) is 4.79 Å². The normalized spacial score (nSPS) is 19.8. The second-order valence-electron chi connectivity index (χ2n) is 8.32. The first-order valence-corrected chi connectivity index (χ1v) is 10.8. The molecule has 1 aliphatic carbocycles. The maximum Gasteiger partial charge on any atom is 0.325 e. The third-order valence-corrected chi connectivity index (χ3v) is 6.51. The lowest BCUT2D eigenvalue weighted by molar-refractivity contribution is -0.131. The van der Waals surface area contributed by atoms with E-state index in [-0.39, 0.29) is 18.2 Å². The molecule has 1 N–H and O–H groups in total. The van der Waals surface area contributed by atoms with E-state index in [9.17, 15) is 14.4 Å². The van der Waals surface area contributed by atoms with Gasteiger partial charge in [0, 0.05) is 29.2 Å². The number of aryl methyl sites for hydroxylation is 2. The Labute approximate surface area is 185 Å². The topological polar surface area (TPSA) is 95.2 Å². The van der Waals surface area contributed by atoms with E-state index in [2.05, 4.69) is 11.4 Å². The van der Waals surface area contributed by atoms with Crippen LogP contribution in [0.2, 0.25) is 0 Å². The lowest BCUT2D eigenvalue weighted by Crippen LogP contribution is -2.46. The fourth-order valence-corrected chi connectivity index (χ4v) is 5.01. The number of rotatable bonds is 5. The molecule has 0 bridgehead atoms. The maximum atomic E-state index is 13.5. The second-order valence-corrected chi connectivity index (χ2v) is 8.32. The van der Waals surface area contributed by atoms with Crippen LogP contribution in [0.4, 0.5) is 4.79 Å². The van der Waals surface area contributed by atoms with E-state index in [0.29, 0.717) is 24.9 Å². The molecule has 2 aliphatic rings. The highest BCUT2D eigenvalue weighted by molar-refractivity contribution is 6.14. The molecule has 3 amide bonds. The fourth-order valence-electron chi connectivity index (χ4n) is 5.01. The van der Waals surface area contributed by atoms with Crippen molar-refractivity contribution < 1.29 is 14.4 Å². The third kappa shape index (κ3) is 2.99. The summed E-state index contributed by atoms with van der Waals surface area (Å²) in [7, 11) is 0. The average Bonchev–Trinajstić information content (AvgIpc) is 3.29. The van der Waals surface area contributed by atoms with Gasteiger partial charge in [0.25, 0.3) is 5.91 Å². The van der Waals surface area contributed by atoms with Crippen LogP contribution < -0.4 is 5.32 Å². The Morgan fingerprint density at radius 1 is 1.12 bits per heavy atom. The average molecular weight is 426 g/mol. The van der Waals surface area contributed by atoms with Crippen molar-refractivity contribution in [3.8, 4) is 6.07 Å². The summed E-state index contributed by atoms with van der Waals surface area (Å²) in [5.74, 6) is -0.669. The van der Waals surface area contributed by atoms with E-state index in [4.69, 9.17) is 5.26 Å². The van der Waals surface area contributed by atoms with Gasteiger partial charge in [0.15, 0.2) is 5.78 Å². The van der Waals surface area contributed by atoms with Crippen molar-refractivity contribution in [2.75, 3.05) is 6.54 Å². The number of ketones is 1. The van der Waals surface area contributed by atoms with E-state index < -0.39 is 11.6 Å². The van der Waals surface area contributed by atoms with Gasteiger partial charge in [-0.1, -0.05) is 42.5 Å². The van der Waals surface area contributed by atoms with Gasteiger partial charge < -0.3 is 9.88 Å². The van der Waals surface area contributed by atoms with Crippen LogP contribution in [0.25, 0.3) is 10.9 Å². The Balaban J connectivity index is 1.46. The first-order chi connectivity index (χ1) is 15.5. The Kier molecular flexibility index (Phi) is 4.78. The summed E-state index contributed by atoms with van der Waals surface area (Å²) in [6, 6.07) is 16.7. The summed E-state index contributed by atoms with van der Waals surface area (Å²) in [4.78, 5) is 40.6. The molecule has 7 nitrogen and oxygen atoms in total. The van der Waals surface area contributed by atoms with Gasteiger partial charge in [-0.05, 0) is 36.5 Å². The number of nitriles is 1. The molecule has 1 aromatic heterocycles. The van der Waals surface area contributed by atoms with Crippen LogP contribution in [-0.4, -0.2) is 33.7 Å². The van der Waals surface area contributed by atoms with E-state index in [1.54, 1.807) is 6.20 Å². The molecule has 5 rings (SSSR count). The minimum atomic E-state index is -1.09. The lowest BCUT2D eigenvalue weighted by atomic mass is 9.76. The van der Waals surface area contributed by atoms with Gasteiger partial charge in [0.2, 0.25) is 0 Å². The molecule has 1 spiro atoms. The molecular formula is C25H22N4O3. The molecule has 1 atom stereocenters. The summed E-state index contributed by atoms with van der Waals surface area (Å²) in [5, 5.41) is 12.6. The van der Waals surface area contributed by atoms with Crippen molar-refractivity contribution in [2.45, 2.75) is 37.8 Å². The second kappa shape index (κ2) is 7.65. The Morgan fingerprint density at radius 2 is 1.91 bits per heavy atom. The molecule has 32 heavy (non-hydrogen) atoms. The first-order valence-electron chi connectivity index (χ1n) is 10.8. The molecule has 1 saturated heterocycles. The molecule has 0 radical (unpaired) electrons. The number of nitrogens with zero attached hydrogens (tertiary/aromatic N) is 3. The fraction of sp³-hybridized carbons (Fsp3) is 0.280.